The lowest BCUT2D eigenvalue weighted by molar-refractivity contribution is 0.167. The van der Waals surface area contributed by atoms with Crippen molar-refractivity contribution in [2.75, 3.05) is 0 Å². The summed E-state index contributed by atoms with van der Waals surface area (Å²) in [5.74, 6) is -0.0233. The number of amides is 1. The first-order valence-electron chi connectivity index (χ1n) is 5.88. The monoisotopic (exact) mass is 236 g/mol. The highest BCUT2D eigenvalue weighted by Crippen LogP contribution is 2.30. The molecule has 0 aromatic heterocycles. The molecule has 1 amide bonds. The Labute approximate surface area is 102 Å². The fourth-order valence-corrected chi connectivity index (χ4v) is 2.20. The van der Waals surface area contributed by atoms with Gasteiger partial charge < -0.3 is 16.2 Å². The lowest BCUT2D eigenvalue weighted by Gasteiger charge is -2.36. The number of nitrogens with two attached hydrogens (primary N) is 1. The van der Waals surface area contributed by atoms with Crippen molar-refractivity contribution in [2.24, 2.45) is 5.73 Å². The minimum absolute atomic E-state index is 0.0233. The Balaban J connectivity index is 3.02. The highest BCUT2D eigenvalue weighted by Gasteiger charge is 2.34. The largest absolute Gasteiger partial charge is 0.465 e. The van der Waals surface area contributed by atoms with Crippen LogP contribution in [0.4, 0.5) is 4.79 Å². The molecule has 0 aliphatic rings. The van der Waals surface area contributed by atoms with Crippen LogP contribution in [0.15, 0.2) is 30.3 Å². The predicted octanol–water partition coefficient (Wildman–Crippen LogP) is 2.51. The fraction of sp³-hybridized carbons (Fsp3) is 0.462. The highest BCUT2D eigenvalue weighted by molar-refractivity contribution is 5.65. The molecule has 0 spiro atoms. The third-order valence-electron chi connectivity index (χ3n) is 3.16. The molecule has 0 saturated carbocycles. The van der Waals surface area contributed by atoms with E-state index in [9.17, 15) is 4.79 Å². The highest BCUT2D eigenvalue weighted by atomic mass is 16.4. The smallest absolute Gasteiger partial charge is 0.406 e. The van der Waals surface area contributed by atoms with E-state index in [4.69, 9.17) is 10.8 Å². The van der Waals surface area contributed by atoms with E-state index < -0.39 is 11.8 Å². The molecule has 94 valence electrons. The van der Waals surface area contributed by atoms with Crippen LogP contribution in [-0.2, 0) is 0 Å². The van der Waals surface area contributed by atoms with Gasteiger partial charge >= 0.3 is 6.09 Å². The molecule has 4 N–H and O–H groups in total. The Morgan fingerprint density at radius 1 is 1.41 bits per heavy atom. The molecule has 0 radical (unpaired) electrons. The normalized spacial score (nSPS) is 15.9. The lowest BCUT2D eigenvalue weighted by atomic mass is 9.82. The minimum Gasteiger partial charge on any atom is -0.465 e. The van der Waals surface area contributed by atoms with Crippen molar-refractivity contribution in [3.8, 4) is 0 Å². The summed E-state index contributed by atoms with van der Waals surface area (Å²) in [7, 11) is 0. The molecule has 0 aliphatic carbocycles. The average molecular weight is 236 g/mol. The van der Waals surface area contributed by atoms with Gasteiger partial charge in [0.1, 0.15) is 0 Å². The van der Waals surface area contributed by atoms with Crippen molar-refractivity contribution < 1.29 is 9.90 Å². The molecule has 1 aromatic rings. The molecule has 4 heteroatoms. The molecule has 0 bridgehead atoms. The van der Waals surface area contributed by atoms with Crippen molar-refractivity contribution in [1.82, 2.24) is 5.32 Å². The molecule has 1 aromatic carbocycles. The maximum atomic E-state index is 10.8. The van der Waals surface area contributed by atoms with E-state index >= 15 is 0 Å². The molecule has 0 fully saturated rings. The zero-order valence-corrected chi connectivity index (χ0v) is 10.3. The van der Waals surface area contributed by atoms with Gasteiger partial charge in [-0.25, -0.2) is 4.79 Å². The number of hydrogen-bond donors (Lipinski definition) is 3. The first-order valence-corrected chi connectivity index (χ1v) is 5.88. The van der Waals surface area contributed by atoms with Gasteiger partial charge in [0.2, 0.25) is 0 Å². The van der Waals surface area contributed by atoms with E-state index in [-0.39, 0.29) is 5.92 Å². The molecule has 2 unspecified atom stereocenters. The molecular formula is C13H20N2O2. The van der Waals surface area contributed by atoms with Crippen LogP contribution in [0.1, 0.15) is 38.2 Å². The quantitative estimate of drug-likeness (QED) is 0.687. The molecule has 0 heterocycles. The van der Waals surface area contributed by atoms with Gasteiger partial charge in [-0.15, -0.1) is 0 Å². The van der Waals surface area contributed by atoms with Crippen molar-refractivity contribution in [3.05, 3.63) is 35.9 Å². The predicted molar refractivity (Wildman–Crippen MR) is 67.8 cm³/mol. The van der Waals surface area contributed by atoms with Crippen molar-refractivity contribution in [1.29, 1.82) is 0 Å². The Morgan fingerprint density at radius 2 is 2.00 bits per heavy atom. The minimum atomic E-state index is -1.08. The van der Waals surface area contributed by atoms with Crippen molar-refractivity contribution in [3.63, 3.8) is 0 Å². The molecule has 2 atom stereocenters. The number of nitrogens with one attached hydrogen (secondary N) is 1. The second kappa shape index (κ2) is 5.68. The van der Waals surface area contributed by atoms with Gasteiger partial charge in [0.15, 0.2) is 0 Å². The summed E-state index contributed by atoms with van der Waals surface area (Å²) in [6, 6.07) is 9.78. The topological polar surface area (TPSA) is 75.3 Å². The number of benzene rings is 1. The SMILES string of the molecule is CCC(c1ccccc1)C(N)(CC)NC(=O)O. The summed E-state index contributed by atoms with van der Waals surface area (Å²) >= 11 is 0. The van der Waals surface area contributed by atoms with E-state index in [1.807, 2.05) is 44.2 Å². The fourth-order valence-electron chi connectivity index (χ4n) is 2.20. The van der Waals surface area contributed by atoms with E-state index in [0.717, 1.165) is 12.0 Å². The number of rotatable bonds is 5. The summed E-state index contributed by atoms with van der Waals surface area (Å²) in [6.07, 6.45) is 0.255. The Morgan fingerprint density at radius 3 is 2.41 bits per heavy atom. The molecule has 4 nitrogen and oxygen atoms in total. The average Bonchev–Trinajstić information content (AvgIpc) is 2.30. The first-order chi connectivity index (χ1) is 8.03. The van der Waals surface area contributed by atoms with Gasteiger partial charge in [0.25, 0.3) is 0 Å². The third kappa shape index (κ3) is 3.20. The number of hydrogen-bond acceptors (Lipinski definition) is 2. The van der Waals surface area contributed by atoms with Crippen molar-refractivity contribution >= 4 is 6.09 Å². The van der Waals surface area contributed by atoms with Crippen LogP contribution >= 0.6 is 0 Å². The molecule has 0 aliphatic heterocycles. The first kappa shape index (κ1) is 13.5. The Kier molecular flexibility index (Phi) is 4.52. The van der Waals surface area contributed by atoms with Crippen molar-refractivity contribution in [2.45, 2.75) is 38.3 Å². The standard InChI is InChI=1S/C13H20N2O2/c1-3-11(10-8-6-5-7-9-10)13(14,4-2)15-12(16)17/h5-9,11,15H,3-4,14H2,1-2H3,(H,16,17). The van der Waals surface area contributed by atoms with Crippen LogP contribution in [-0.4, -0.2) is 16.9 Å². The van der Waals surface area contributed by atoms with E-state index in [1.54, 1.807) is 0 Å². The maximum absolute atomic E-state index is 10.8. The zero-order chi connectivity index (χ0) is 12.9. The van der Waals surface area contributed by atoms with Crippen LogP contribution in [0.25, 0.3) is 0 Å². The van der Waals surface area contributed by atoms with Gasteiger partial charge in [-0.3, -0.25) is 0 Å². The van der Waals surface area contributed by atoms with E-state index in [0.29, 0.717) is 6.42 Å². The van der Waals surface area contributed by atoms with Crippen LogP contribution in [0.3, 0.4) is 0 Å². The Bertz CT molecular complexity index is 367. The maximum Gasteiger partial charge on any atom is 0.406 e. The molecule has 0 saturated heterocycles. The zero-order valence-electron chi connectivity index (χ0n) is 10.3. The Hall–Kier alpha value is -1.55. The van der Waals surface area contributed by atoms with Crippen LogP contribution in [0.5, 0.6) is 0 Å². The summed E-state index contributed by atoms with van der Waals surface area (Å²) in [5, 5.41) is 11.3. The van der Waals surface area contributed by atoms with Gasteiger partial charge in [-0.1, -0.05) is 44.2 Å². The summed E-state index contributed by atoms with van der Waals surface area (Å²) in [4.78, 5) is 10.8. The summed E-state index contributed by atoms with van der Waals surface area (Å²) in [5.41, 5.74) is 6.34. The number of carboxylic acid groups (broad SMARTS) is 1. The second-order valence-electron chi connectivity index (χ2n) is 4.20. The summed E-state index contributed by atoms with van der Waals surface area (Å²) in [6.45, 7) is 3.90. The molecule has 1 rings (SSSR count). The third-order valence-corrected chi connectivity index (χ3v) is 3.16. The van der Waals surface area contributed by atoms with Crippen LogP contribution in [0, 0.1) is 0 Å². The summed E-state index contributed by atoms with van der Waals surface area (Å²) < 4.78 is 0. The van der Waals surface area contributed by atoms with E-state index in [1.165, 1.54) is 0 Å². The number of carbonyl (C=O) groups is 1. The van der Waals surface area contributed by atoms with Gasteiger partial charge in [0.05, 0.1) is 5.66 Å². The van der Waals surface area contributed by atoms with Gasteiger partial charge in [-0.2, -0.15) is 0 Å². The molecule has 17 heavy (non-hydrogen) atoms. The van der Waals surface area contributed by atoms with Gasteiger partial charge in [-0.05, 0) is 18.4 Å². The molecular weight excluding hydrogens is 216 g/mol. The lowest BCUT2D eigenvalue weighted by Crippen LogP contribution is -2.59. The van der Waals surface area contributed by atoms with Crippen LogP contribution in [0.2, 0.25) is 0 Å². The van der Waals surface area contributed by atoms with Gasteiger partial charge in [0, 0.05) is 5.92 Å². The van der Waals surface area contributed by atoms with E-state index in [2.05, 4.69) is 5.32 Å². The van der Waals surface area contributed by atoms with Crippen LogP contribution < -0.4 is 11.1 Å². The second-order valence-corrected chi connectivity index (χ2v) is 4.20.